The third-order valence-corrected chi connectivity index (χ3v) is 5.75. The maximum Gasteiger partial charge on any atom is 0.191 e. The van der Waals surface area contributed by atoms with Crippen molar-refractivity contribution in [2.45, 2.75) is 53.6 Å². The summed E-state index contributed by atoms with van der Waals surface area (Å²) < 4.78 is 8.02. The highest BCUT2D eigenvalue weighted by Gasteiger charge is 2.14. The lowest BCUT2D eigenvalue weighted by Gasteiger charge is -2.20. The summed E-state index contributed by atoms with van der Waals surface area (Å²) >= 11 is 0. The Labute approximate surface area is 187 Å². The first-order valence-corrected chi connectivity index (χ1v) is 11.3. The van der Waals surface area contributed by atoms with Crippen molar-refractivity contribution in [3.05, 3.63) is 46.8 Å². The highest BCUT2D eigenvalue weighted by atomic mass is 16.5. The molecule has 0 spiro atoms. The summed E-state index contributed by atoms with van der Waals surface area (Å²) in [5.74, 6) is 1.71. The van der Waals surface area contributed by atoms with E-state index in [9.17, 15) is 0 Å². The van der Waals surface area contributed by atoms with Crippen LogP contribution in [0.25, 0.3) is 0 Å². The molecule has 0 bridgehead atoms. The van der Waals surface area contributed by atoms with E-state index in [2.05, 4.69) is 66.3 Å². The van der Waals surface area contributed by atoms with Crippen LogP contribution in [-0.2, 0) is 20.0 Å². The lowest BCUT2D eigenvalue weighted by molar-refractivity contribution is 0.221. The quantitative estimate of drug-likeness (QED) is 0.425. The fourth-order valence-electron chi connectivity index (χ4n) is 3.69. The van der Waals surface area contributed by atoms with Crippen LogP contribution in [0.4, 0.5) is 0 Å². The van der Waals surface area contributed by atoms with E-state index in [-0.39, 0.29) is 6.04 Å². The van der Waals surface area contributed by atoms with Gasteiger partial charge in [0.25, 0.3) is 0 Å². The van der Waals surface area contributed by atoms with E-state index in [1.54, 1.807) is 7.05 Å². The van der Waals surface area contributed by atoms with E-state index < -0.39 is 0 Å². The van der Waals surface area contributed by atoms with Crippen LogP contribution in [0.2, 0.25) is 0 Å². The third-order valence-electron chi connectivity index (χ3n) is 5.75. The molecule has 172 valence electrons. The summed E-state index contributed by atoms with van der Waals surface area (Å²) in [4.78, 5) is 6.76. The number of nitrogens with zero attached hydrogens (tertiary/aromatic N) is 4. The molecule has 7 nitrogen and oxygen atoms in total. The van der Waals surface area contributed by atoms with E-state index >= 15 is 0 Å². The molecule has 1 unspecified atom stereocenters. The van der Waals surface area contributed by atoms with Crippen LogP contribution in [0.15, 0.2) is 29.3 Å². The summed E-state index contributed by atoms with van der Waals surface area (Å²) in [5.41, 5.74) is 4.72. The Morgan fingerprint density at radius 2 is 1.94 bits per heavy atom. The summed E-state index contributed by atoms with van der Waals surface area (Å²) in [6.07, 6.45) is 0.900. The minimum atomic E-state index is 0.230. The topological polar surface area (TPSA) is 66.7 Å². The average molecular weight is 429 g/mol. The number of aliphatic imine (C=N–C) groups is 1. The predicted molar refractivity (Wildman–Crippen MR) is 129 cm³/mol. The van der Waals surface area contributed by atoms with E-state index in [0.717, 1.165) is 49.0 Å². The molecule has 31 heavy (non-hydrogen) atoms. The second-order valence-corrected chi connectivity index (χ2v) is 7.93. The van der Waals surface area contributed by atoms with Crippen LogP contribution in [-0.4, -0.2) is 60.0 Å². The highest BCUT2D eigenvalue weighted by molar-refractivity contribution is 5.80. The van der Waals surface area contributed by atoms with Gasteiger partial charge in [-0.15, -0.1) is 0 Å². The van der Waals surface area contributed by atoms with Crippen molar-refractivity contribution in [2.75, 3.05) is 33.3 Å². The van der Waals surface area contributed by atoms with Gasteiger partial charge in [0.15, 0.2) is 5.96 Å². The number of para-hydroxylation sites is 1. The normalized spacial score (nSPS) is 12.8. The molecule has 2 rings (SSSR count). The summed E-state index contributed by atoms with van der Waals surface area (Å²) in [6, 6.07) is 8.42. The van der Waals surface area contributed by atoms with Gasteiger partial charge in [-0.3, -0.25) is 9.67 Å². The van der Waals surface area contributed by atoms with Gasteiger partial charge in [0.2, 0.25) is 0 Å². The van der Waals surface area contributed by atoms with Crippen molar-refractivity contribution in [2.24, 2.45) is 12.0 Å². The fourth-order valence-corrected chi connectivity index (χ4v) is 3.69. The summed E-state index contributed by atoms with van der Waals surface area (Å²) in [5, 5.41) is 11.4. The molecule has 1 aromatic carbocycles. The zero-order chi connectivity index (χ0) is 22.8. The minimum absolute atomic E-state index is 0.230. The fraction of sp³-hybridized carbons (Fsp3) is 0.583. The van der Waals surface area contributed by atoms with Crippen LogP contribution in [0.3, 0.4) is 0 Å². The Bertz CT molecular complexity index is 841. The standard InChI is InChI=1S/C24H40N6O/c1-8-30(9-2)14-15-31-23-13-11-10-12-21(23)17-26-24(25-6)27-18(3)16-22-19(4)28-29(7)20(22)5/h10-13,18H,8-9,14-17H2,1-7H3,(H2,25,26,27). The van der Waals surface area contributed by atoms with Crippen LogP contribution in [0.5, 0.6) is 5.75 Å². The molecule has 0 aliphatic carbocycles. The van der Waals surface area contributed by atoms with Crippen LogP contribution >= 0.6 is 0 Å². The molecule has 0 saturated heterocycles. The maximum atomic E-state index is 6.07. The number of guanidine groups is 1. The molecule has 0 fully saturated rings. The molecule has 2 N–H and O–H groups in total. The molecular weight excluding hydrogens is 388 g/mol. The lowest BCUT2D eigenvalue weighted by Crippen LogP contribution is -2.42. The largest absolute Gasteiger partial charge is 0.492 e. The number of likely N-dealkylation sites (N-methyl/N-ethyl adjacent to an activating group) is 1. The number of aryl methyl sites for hydroxylation is 2. The van der Waals surface area contributed by atoms with E-state index in [4.69, 9.17) is 4.74 Å². The van der Waals surface area contributed by atoms with E-state index in [0.29, 0.717) is 13.2 Å². The SMILES string of the molecule is CCN(CC)CCOc1ccccc1CNC(=NC)NC(C)Cc1c(C)nn(C)c1C. The van der Waals surface area contributed by atoms with Crippen molar-refractivity contribution >= 4 is 5.96 Å². The van der Waals surface area contributed by atoms with Gasteiger partial charge < -0.3 is 20.3 Å². The number of aromatic nitrogens is 2. The predicted octanol–water partition coefficient (Wildman–Crippen LogP) is 3.05. The third kappa shape index (κ3) is 7.28. The number of ether oxygens (including phenoxy) is 1. The van der Waals surface area contributed by atoms with Crippen molar-refractivity contribution < 1.29 is 4.74 Å². The molecule has 0 amide bonds. The zero-order valence-electron chi connectivity index (χ0n) is 20.3. The summed E-state index contributed by atoms with van der Waals surface area (Å²) in [6.45, 7) is 15.1. The van der Waals surface area contributed by atoms with Crippen molar-refractivity contribution in [1.82, 2.24) is 25.3 Å². The van der Waals surface area contributed by atoms with Crippen LogP contribution in [0, 0.1) is 13.8 Å². The molecule has 1 aromatic heterocycles. The van der Waals surface area contributed by atoms with Gasteiger partial charge in [-0.25, -0.2) is 0 Å². The summed E-state index contributed by atoms with van der Waals surface area (Å²) in [7, 11) is 3.79. The number of hydrogen-bond acceptors (Lipinski definition) is 4. The molecule has 0 radical (unpaired) electrons. The maximum absolute atomic E-state index is 6.07. The molecule has 1 heterocycles. The second-order valence-electron chi connectivity index (χ2n) is 7.93. The molecule has 0 saturated carbocycles. The number of rotatable bonds is 11. The smallest absolute Gasteiger partial charge is 0.191 e. The number of nitrogens with one attached hydrogen (secondary N) is 2. The molecule has 0 aliphatic rings. The van der Waals surface area contributed by atoms with Crippen molar-refractivity contribution in [1.29, 1.82) is 0 Å². The van der Waals surface area contributed by atoms with Gasteiger partial charge in [-0.2, -0.15) is 5.10 Å². The number of benzene rings is 1. The number of hydrogen-bond donors (Lipinski definition) is 2. The lowest BCUT2D eigenvalue weighted by atomic mass is 10.1. The van der Waals surface area contributed by atoms with E-state index in [1.165, 1.54) is 11.3 Å². The first kappa shape index (κ1) is 24.7. The van der Waals surface area contributed by atoms with Crippen molar-refractivity contribution in [3.8, 4) is 5.75 Å². The van der Waals surface area contributed by atoms with Gasteiger partial charge in [-0.05, 0) is 51.9 Å². The van der Waals surface area contributed by atoms with E-state index in [1.807, 2.05) is 29.9 Å². The molecule has 2 aromatic rings. The Hall–Kier alpha value is -2.54. The Kier molecular flexibility index (Phi) is 9.85. The van der Waals surface area contributed by atoms with Gasteiger partial charge in [0.1, 0.15) is 12.4 Å². The minimum Gasteiger partial charge on any atom is -0.492 e. The Balaban J connectivity index is 1.90. The van der Waals surface area contributed by atoms with Gasteiger partial charge >= 0.3 is 0 Å². The van der Waals surface area contributed by atoms with Crippen LogP contribution in [0.1, 0.15) is 43.3 Å². The Morgan fingerprint density at radius 3 is 2.55 bits per heavy atom. The second kappa shape index (κ2) is 12.3. The molecule has 1 atom stereocenters. The monoisotopic (exact) mass is 428 g/mol. The molecule has 0 aliphatic heterocycles. The van der Waals surface area contributed by atoms with Crippen molar-refractivity contribution in [3.63, 3.8) is 0 Å². The molecule has 7 heteroatoms. The van der Waals surface area contributed by atoms with Gasteiger partial charge in [-0.1, -0.05) is 32.0 Å². The first-order valence-electron chi connectivity index (χ1n) is 11.3. The van der Waals surface area contributed by atoms with Crippen LogP contribution < -0.4 is 15.4 Å². The molecular formula is C24H40N6O. The average Bonchev–Trinajstić information content (AvgIpc) is 3.00. The first-order chi connectivity index (χ1) is 14.9. The van der Waals surface area contributed by atoms with Gasteiger partial charge in [0, 0.05) is 44.5 Å². The Morgan fingerprint density at radius 1 is 1.23 bits per heavy atom. The van der Waals surface area contributed by atoms with Gasteiger partial charge in [0.05, 0.1) is 5.69 Å². The highest BCUT2D eigenvalue weighted by Crippen LogP contribution is 2.18. The zero-order valence-corrected chi connectivity index (χ0v) is 20.3.